The van der Waals surface area contributed by atoms with Crippen LogP contribution in [0.1, 0.15) is 29.7 Å². The number of likely N-dealkylation sites (tertiary alicyclic amines) is 1. The molecule has 0 radical (unpaired) electrons. The Balaban J connectivity index is 1.79. The van der Waals surface area contributed by atoms with Gasteiger partial charge in [0.25, 0.3) is 0 Å². The Morgan fingerprint density at radius 3 is 2.67 bits per heavy atom. The van der Waals surface area contributed by atoms with Crippen molar-refractivity contribution in [1.82, 2.24) is 15.2 Å². The first-order chi connectivity index (χ1) is 14.5. The molecule has 0 spiro atoms. The Bertz CT molecular complexity index is 916. The number of ether oxygens (including phenoxy) is 1. The van der Waals surface area contributed by atoms with Crippen LogP contribution in [0.25, 0.3) is 0 Å². The Labute approximate surface area is 176 Å². The zero-order valence-electron chi connectivity index (χ0n) is 17.4. The van der Waals surface area contributed by atoms with E-state index >= 15 is 0 Å². The van der Waals surface area contributed by atoms with E-state index in [0.717, 1.165) is 16.8 Å². The van der Waals surface area contributed by atoms with Crippen LogP contribution in [0.5, 0.6) is 0 Å². The molecule has 7 heteroatoms. The van der Waals surface area contributed by atoms with Crippen molar-refractivity contribution in [2.75, 3.05) is 26.8 Å². The van der Waals surface area contributed by atoms with Crippen molar-refractivity contribution in [3.8, 4) is 0 Å². The predicted octanol–water partition coefficient (Wildman–Crippen LogP) is 1.78. The number of aromatic nitrogens is 1. The molecule has 1 aliphatic heterocycles. The van der Waals surface area contributed by atoms with E-state index in [4.69, 9.17) is 4.74 Å². The number of aryl methyl sites for hydroxylation is 1. The summed E-state index contributed by atoms with van der Waals surface area (Å²) in [6.45, 7) is 2.75. The molecule has 1 aromatic heterocycles. The van der Waals surface area contributed by atoms with Crippen LogP contribution < -0.4 is 5.32 Å². The minimum atomic E-state index is -1.19. The maximum Gasteiger partial charge on any atom is 0.240 e. The van der Waals surface area contributed by atoms with Gasteiger partial charge in [-0.25, -0.2) is 0 Å². The fourth-order valence-corrected chi connectivity index (χ4v) is 3.98. The van der Waals surface area contributed by atoms with Gasteiger partial charge in [0.05, 0.1) is 18.6 Å². The van der Waals surface area contributed by atoms with Crippen LogP contribution in [0.3, 0.4) is 0 Å². The number of nitrogens with zero attached hydrogens (tertiary/aromatic N) is 2. The van der Waals surface area contributed by atoms with Gasteiger partial charge in [0.1, 0.15) is 0 Å². The van der Waals surface area contributed by atoms with Crippen LogP contribution >= 0.6 is 0 Å². The normalized spacial score (nSPS) is 18.7. The molecule has 1 N–H and O–H groups in total. The Hall–Kier alpha value is -3.06. The standard InChI is InChI=1S/C23H27N3O4/c1-17-7-3-4-9-19(17)23(16-21(28)26(22(23)29)13-14-30-2)15-20(27)25-12-10-18-8-5-6-11-24-18/h3-9,11H,10,12-16H2,1-2H3,(H,25,27). The number of nitrogens with one attached hydrogen (secondary N) is 1. The van der Waals surface area contributed by atoms with Crippen molar-refractivity contribution in [1.29, 1.82) is 0 Å². The second kappa shape index (κ2) is 9.63. The highest BCUT2D eigenvalue weighted by molar-refractivity contribution is 6.10. The highest BCUT2D eigenvalue weighted by atomic mass is 16.5. The summed E-state index contributed by atoms with van der Waals surface area (Å²) in [4.78, 5) is 44.3. The second-order valence-electron chi connectivity index (χ2n) is 7.51. The lowest BCUT2D eigenvalue weighted by Crippen LogP contribution is -2.43. The number of hydrogen-bond acceptors (Lipinski definition) is 5. The summed E-state index contributed by atoms with van der Waals surface area (Å²) < 4.78 is 5.04. The Kier molecular flexibility index (Phi) is 6.95. The lowest BCUT2D eigenvalue weighted by Gasteiger charge is -2.28. The highest BCUT2D eigenvalue weighted by Crippen LogP contribution is 2.41. The minimum Gasteiger partial charge on any atom is -0.383 e. The summed E-state index contributed by atoms with van der Waals surface area (Å²) in [5.74, 6) is -0.871. The fourth-order valence-electron chi connectivity index (χ4n) is 3.98. The Morgan fingerprint density at radius 1 is 1.20 bits per heavy atom. The van der Waals surface area contributed by atoms with Gasteiger partial charge in [0, 0.05) is 44.8 Å². The molecule has 1 unspecified atom stereocenters. The van der Waals surface area contributed by atoms with Gasteiger partial charge >= 0.3 is 0 Å². The van der Waals surface area contributed by atoms with Crippen molar-refractivity contribution in [2.45, 2.75) is 31.6 Å². The molecular weight excluding hydrogens is 382 g/mol. The topological polar surface area (TPSA) is 88.6 Å². The molecule has 0 bridgehead atoms. The summed E-state index contributed by atoms with van der Waals surface area (Å²) >= 11 is 0. The number of pyridine rings is 1. The highest BCUT2D eigenvalue weighted by Gasteiger charge is 2.54. The molecule has 1 aromatic carbocycles. The van der Waals surface area contributed by atoms with Crippen LogP contribution in [0.4, 0.5) is 0 Å². The van der Waals surface area contributed by atoms with E-state index in [0.29, 0.717) is 13.0 Å². The van der Waals surface area contributed by atoms with Crippen molar-refractivity contribution < 1.29 is 19.1 Å². The third-order valence-electron chi connectivity index (χ3n) is 5.48. The monoisotopic (exact) mass is 409 g/mol. The van der Waals surface area contributed by atoms with E-state index in [2.05, 4.69) is 10.3 Å². The third-order valence-corrected chi connectivity index (χ3v) is 5.48. The molecule has 1 fully saturated rings. The zero-order valence-corrected chi connectivity index (χ0v) is 17.4. The number of benzene rings is 1. The van der Waals surface area contributed by atoms with E-state index < -0.39 is 5.41 Å². The van der Waals surface area contributed by atoms with Gasteiger partial charge in [-0.15, -0.1) is 0 Å². The molecule has 3 amide bonds. The molecule has 0 saturated carbocycles. The maximum absolute atomic E-state index is 13.4. The number of amides is 3. The SMILES string of the molecule is COCCN1C(=O)CC(CC(=O)NCCc2ccccn2)(c2ccccc2C)C1=O. The average Bonchev–Trinajstić information content (AvgIpc) is 2.97. The van der Waals surface area contributed by atoms with E-state index in [-0.39, 0.29) is 43.7 Å². The largest absolute Gasteiger partial charge is 0.383 e. The van der Waals surface area contributed by atoms with Crippen LogP contribution in [0, 0.1) is 6.92 Å². The van der Waals surface area contributed by atoms with Crippen LogP contribution in [-0.4, -0.2) is 54.4 Å². The quantitative estimate of drug-likeness (QED) is 0.638. The van der Waals surface area contributed by atoms with Crippen molar-refractivity contribution in [3.05, 3.63) is 65.5 Å². The molecule has 1 atom stereocenters. The lowest BCUT2D eigenvalue weighted by molar-refractivity contribution is -0.141. The number of methoxy groups -OCH3 is 1. The third kappa shape index (κ3) is 4.57. The molecular formula is C23H27N3O4. The summed E-state index contributed by atoms with van der Waals surface area (Å²) in [6, 6.07) is 13.1. The lowest BCUT2D eigenvalue weighted by atomic mass is 9.74. The summed E-state index contributed by atoms with van der Waals surface area (Å²) in [6.07, 6.45) is 2.21. The molecule has 1 aliphatic rings. The van der Waals surface area contributed by atoms with Gasteiger partial charge in [-0.05, 0) is 30.2 Å². The van der Waals surface area contributed by atoms with E-state index in [1.165, 1.54) is 12.0 Å². The van der Waals surface area contributed by atoms with Gasteiger partial charge in [-0.3, -0.25) is 24.3 Å². The van der Waals surface area contributed by atoms with E-state index in [9.17, 15) is 14.4 Å². The number of hydrogen-bond donors (Lipinski definition) is 1. The zero-order chi connectivity index (χ0) is 21.6. The van der Waals surface area contributed by atoms with Crippen molar-refractivity contribution in [2.24, 2.45) is 0 Å². The average molecular weight is 409 g/mol. The molecule has 7 nitrogen and oxygen atoms in total. The number of rotatable bonds is 9. The van der Waals surface area contributed by atoms with Crippen LogP contribution in [0.2, 0.25) is 0 Å². The first-order valence-corrected chi connectivity index (χ1v) is 10.0. The van der Waals surface area contributed by atoms with E-state index in [1.54, 1.807) is 6.20 Å². The van der Waals surface area contributed by atoms with Gasteiger partial charge in [-0.2, -0.15) is 0 Å². The Morgan fingerprint density at radius 2 is 1.97 bits per heavy atom. The van der Waals surface area contributed by atoms with Gasteiger partial charge in [0.15, 0.2) is 0 Å². The van der Waals surface area contributed by atoms with Gasteiger partial charge in [-0.1, -0.05) is 30.3 Å². The molecule has 1 saturated heterocycles. The number of imide groups is 1. The summed E-state index contributed by atoms with van der Waals surface area (Å²) in [7, 11) is 1.52. The molecule has 2 aromatic rings. The molecule has 3 rings (SSSR count). The van der Waals surface area contributed by atoms with Crippen LogP contribution in [0.15, 0.2) is 48.7 Å². The summed E-state index contributed by atoms with van der Waals surface area (Å²) in [5.41, 5.74) is 1.30. The molecule has 158 valence electrons. The van der Waals surface area contributed by atoms with E-state index in [1.807, 2.05) is 49.4 Å². The van der Waals surface area contributed by atoms with Gasteiger partial charge in [0.2, 0.25) is 17.7 Å². The molecule has 0 aliphatic carbocycles. The first kappa shape index (κ1) is 21.6. The van der Waals surface area contributed by atoms with Crippen LogP contribution in [-0.2, 0) is 31.0 Å². The first-order valence-electron chi connectivity index (χ1n) is 10.0. The van der Waals surface area contributed by atoms with Crippen molar-refractivity contribution in [3.63, 3.8) is 0 Å². The number of carbonyl (C=O) groups excluding carboxylic acids is 3. The number of carbonyl (C=O) groups is 3. The summed E-state index contributed by atoms with van der Waals surface area (Å²) in [5, 5.41) is 2.88. The predicted molar refractivity (Wildman–Crippen MR) is 112 cm³/mol. The molecule has 30 heavy (non-hydrogen) atoms. The smallest absolute Gasteiger partial charge is 0.240 e. The van der Waals surface area contributed by atoms with Crippen molar-refractivity contribution >= 4 is 17.7 Å². The fraction of sp³-hybridized carbons (Fsp3) is 0.391. The minimum absolute atomic E-state index is 0.0198. The molecule has 2 heterocycles. The maximum atomic E-state index is 13.4. The second-order valence-corrected chi connectivity index (χ2v) is 7.51. The van der Waals surface area contributed by atoms with Gasteiger partial charge < -0.3 is 10.1 Å².